The van der Waals surface area contributed by atoms with E-state index in [4.69, 9.17) is 5.73 Å². The van der Waals surface area contributed by atoms with E-state index >= 15 is 0 Å². The lowest BCUT2D eigenvalue weighted by Crippen LogP contribution is -1.98. The molecule has 0 saturated carbocycles. The summed E-state index contributed by atoms with van der Waals surface area (Å²) in [4.78, 5) is 0. The summed E-state index contributed by atoms with van der Waals surface area (Å²) in [6, 6.07) is 0. The zero-order valence-electron chi connectivity index (χ0n) is 5.81. The van der Waals surface area contributed by atoms with Crippen molar-refractivity contribution in [1.82, 2.24) is 0 Å². The number of hydrogen-bond acceptors (Lipinski definition) is 3. The van der Waals surface area contributed by atoms with E-state index < -0.39 is 0 Å². The van der Waals surface area contributed by atoms with Crippen molar-refractivity contribution in [3.05, 3.63) is 0 Å². The average Bonchev–Trinajstić information content (AvgIpc) is 1.88. The van der Waals surface area contributed by atoms with Crippen LogP contribution in [0.5, 0.6) is 0 Å². The third-order valence-electron chi connectivity index (χ3n) is 0.455. The number of methoxy groups -OCH3 is 2. The van der Waals surface area contributed by atoms with Crippen molar-refractivity contribution < 1.29 is 9.47 Å². The van der Waals surface area contributed by atoms with Gasteiger partial charge in [-0.25, -0.2) is 0 Å². The van der Waals surface area contributed by atoms with Crippen molar-refractivity contribution in [2.75, 3.05) is 27.6 Å². The van der Waals surface area contributed by atoms with Gasteiger partial charge < -0.3 is 15.2 Å². The Morgan fingerprint density at radius 3 is 1.50 bits per heavy atom. The van der Waals surface area contributed by atoms with Gasteiger partial charge in [-0.3, -0.25) is 0 Å². The Kier molecular flexibility index (Phi) is 21.3. The average molecular weight is 121 g/mol. The molecule has 2 N–H and O–H groups in total. The van der Waals surface area contributed by atoms with E-state index in [9.17, 15) is 0 Å². The molecule has 0 bridgehead atoms. The van der Waals surface area contributed by atoms with Gasteiger partial charge in [-0.2, -0.15) is 0 Å². The van der Waals surface area contributed by atoms with Crippen LogP contribution in [0.2, 0.25) is 0 Å². The Morgan fingerprint density at radius 1 is 1.25 bits per heavy atom. The molecule has 0 aromatic rings. The highest BCUT2D eigenvalue weighted by Gasteiger charge is 1.51. The lowest BCUT2D eigenvalue weighted by molar-refractivity contribution is 0.207. The molecule has 0 spiro atoms. The Labute approximate surface area is 50.8 Å². The first-order valence-corrected chi connectivity index (χ1v) is 2.51. The first-order chi connectivity index (χ1) is 3.83. The quantitative estimate of drug-likeness (QED) is 0.531. The van der Waals surface area contributed by atoms with Crippen LogP contribution in [0.15, 0.2) is 0 Å². The summed E-state index contributed by atoms with van der Waals surface area (Å²) in [6.45, 7) is 3.10. The largest absolute Gasteiger partial charge is 0.385 e. The summed E-state index contributed by atoms with van der Waals surface area (Å²) in [5.41, 5.74) is 4.81. The van der Waals surface area contributed by atoms with Crippen LogP contribution >= 0.6 is 0 Å². The summed E-state index contributed by atoms with van der Waals surface area (Å²) in [7, 11) is 3.24. The van der Waals surface area contributed by atoms with E-state index in [2.05, 4.69) is 9.47 Å². The van der Waals surface area contributed by atoms with Crippen molar-refractivity contribution in [1.29, 1.82) is 0 Å². The minimum atomic E-state index is 0.319. The van der Waals surface area contributed by atoms with E-state index in [1.165, 1.54) is 0 Å². The van der Waals surface area contributed by atoms with Crippen molar-refractivity contribution >= 4 is 0 Å². The molecule has 0 aromatic heterocycles. The summed E-state index contributed by atoms with van der Waals surface area (Å²) >= 11 is 0. The zero-order valence-corrected chi connectivity index (χ0v) is 5.81. The maximum absolute atomic E-state index is 4.81. The Morgan fingerprint density at radius 2 is 1.50 bits per heavy atom. The smallest absolute Gasteiger partial charge is 0.0936 e. The van der Waals surface area contributed by atoms with Crippen molar-refractivity contribution in [3.8, 4) is 0 Å². The summed E-state index contributed by atoms with van der Waals surface area (Å²) in [5, 5.41) is 0. The molecule has 0 radical (unpaired) electrons. The molecule has 0 aliphatic heterocycles. The van der Waals surface area contributed by atoms with Gasteiger partial charge in [0.1, 0.15) is 0 Å². The Balaban J connectivity index is 0. The minimum Gasteiger partial charge on any atom is -0.385 e. The predicted octanol–water partition coefficient (Wildman–Crippen LogP) is 0.202. The van der Waals surface area contributed by atoms with Gasteiger partial charge in [-0.1, -0.05) is 0 Å². The van der Waals surface area contributed by atoms with Gasteiger partial charge in [-0.05, 0) is 6.92 Å². The molecule has 3 heteroatoms. The first-order valence-electron chi connectivity index (χ1n) is 2.51. The molecule has 0 saturated heterocycles. The number of rotatable bonds is 2. The van der Waals surface area contributed by atoms with Crippen LogP contribution in [0.1, 0.15) is 6.92 Å². The SMILES string of the molecule is CCOC.COCN. The number of ether oxygens (including phenoxy) is 2. The fourth-order valence-electron chi connectivity index (χ4n) is 0. The molecular weight excluding hydrogens is 106 g/mol. The molecule has 0 amide bonds. The Bertz CT molecular complexity index is 18.4. The highest BCUT2D eigenvalue weighted by atomic mass is 16.5. The van der Waals surface area contributed by atoms with Gasteiger partial charge in [0, 0.05) is 20.8 Å². The van der Waals surface area contributed by atoms with Gasteiger partial charge in [0.05, 0.1) is 6.73 Å². The molecule has 0 aromatic carbocycles. The molecule has 0 aliphatic rings. The topological polar surface area (TPSA) is 44.5 Å². The van der Waals surface area contributed by atoms with Gasteiger partial charge in [0.25, 0.3) is 0 Å². The molecule has 0 unspecified atom stereocenters. The molecule has 0 heterocycles. The van der Waals surface area contributed by atoms with Gasteiger partial charge in [0.15, 0.2) is 0 Å². The Hall–Kier alpha value is -0.120. The van der Waals surface area contributed by atoms with Crippen molar-refractivity contribution in [3.63, 3.8) is 0 Å². The standard InChI is InChI=1S/C3H8O.C2H7NO/c1-3-4-2;1-4-2-3/h3H2,1-2H3;2-3H2,1H3. The summed E-state index contributed by atoms with van der Waals surface area (Å²) in [6.07, 6.45) is 0. The van der Waals surface area contributed by atoms with Crippen LogP contribution in [-0.2, 0) is 9.47 Å². The summed E-state index contributed by atoms with van der Waals surface area (Å²) in [5.74, 6) is 0. The molecule has 0 aliphatic carbocycles. The van der Waals surface area contributed by atoms with Crippen molar-refractivity contribution in [2.45, 2.75) is 6.92 Å². The highest BCUT2D eigenvalue weighted by molar-refractivity contribution is 3.94. The van der Waals surface area contributed by atoms with Crippen LogP contribution in [0.3, 0.4) is 0 Å². The van der Waals surface area contributed by atoms with Crippen LogP contribution in [0.25, 0.3) is 0 Å². The lowest BCUT2D eigenvalue weighted by atomic mass is 10.9. The lowest BCUT2D eigenvalue weighted by Gasteiger charge is -1.77. The van der Waals surface area contributed by atoms with E-state index in [1.54, 1.807) is 14.2 Å². The highest BCUT2D eigenvalue weighted by Crippen LogP contribution is 1.52. The van der Waals surface area contributed by atoms with E-state index in [0.717, 1.165) is 6.61 Å². The van der Waals surface area contributed by atoms with Crippen LogP contribution in [0, 0.1) is 0 Å². The maximum Gasteiger partial charge on any atom is 0.0936 e. The van der Waals surface area contributed by atoms with Crippen molar-refractivity contribution in [2.24, 2.45) is 5.73 Å². The van der Waals surface area contributed by atoms with E-state index in [-0.39, 0.29) is 0 Å². The van der Waals surface area contributed by atoms with Crippen LogP contribution in [-0.4, -0.2) is 27.6 Å². The fraction of sp³-hybridized carbons (Fsp3) is 1.00. The third kappa shape index (κ3) is 39.6. The number of hydrogen-bond donors (Lipinski definition) is 1. The first kappa shape index (κ1) is 10.8. The van der Waals surface area contributed by atoms with E-state index in [0.29, 0.717) is 6.73 Å². The fourth-order valence-corrected chi connectivity index (χ4v) is 0. The maximum atomic E-state index is 4.81. The number of nitrogens with two attached hydrogens (primary N) is 1. The monoisotopic (exact) mass is 121 g/mol. The molecule has 0 fully saturated rings. The van der Waals surface area contributed by atoms with Gasteiger partial charge in [0.2, 0.25) is 0 Å². The molecule has 52 valence electrons. The van der Waals surface area contributed by atoms with Gasteiger partial charge in [-0.15, -0.1) is 0 Å². The minimum absolute atomic E-state index is 0.319. The van der Waals surface area contributed by atoms with E-state index in [1.807, 2.05) is 6.92 Å². The zero-order chi connectivity index (χ0) is 6.83. The summed E-state index contributed by atoms with van der Waals surface area (Å²) < 4.78 is 8.86. The molecule has 3 nitrogen and oxygen atoms in total. The molecule has 0 rings (SSSR count). The van der Waals surface area contributed by atoms with Gasteiger partial charge >= 0.3 is 0 Å². The molecule has 8 heavy (non-hydrogen) atoms. The molecule has 0 atom stereocenters. The molecular formula is C5H15NO2. The predicted molar refractivity (Wildman–Crippen MR) is 33.6 cm³/mol. The second kappa shape index (κ2) is 15.8. The second-order valence-corrected chi connectivity index (χ2v) is 1.03. The van der Waals surface area contributed by atoms with Crippen LogP contribution in [0.4, 0.5) is 0 Å². The second-order valence-electron chi connectivity index (χ2n) is 1.03. The normalized spacial score (nSPS) is 7.50. The third-order valence-corrected chi connectivity index (χ3v) is 0.455. The van der Waals surface area contributed by atoms with Crippen LogP contribution < -0.4 is 5.73 Å².